The molecule has 0 rings (SSSR count). The molecule has 3 N–H and O–H groups in total. The molecule has 0 aromatic rings. The summed E-state index contributed by atoms with van der Waals surface area (Å²) in [4.78, 5) is 24.7. The van der Waals surface area contributed by atoms with Crippen molar-refractivity contribution in [1.29, 1.82) is 0 Å². The largest absolute Gasteiger partial charge is 0.466 e. The van der Waals surface area contributed by atoms with E-state index in [2.05, 4.69) is 67.8 Å². The second-order valence-corrected chi connectivity index (χ2v) is 25.6. The molecule has 0 heterocycles. The van der Waals surface area contributed by atoms with Crippen molar-refractivity contribution in [2.75, 3.05) is 13.2 Å². The van der Waals surface area contributed by atoms with Crippen molar-refractivity contribution in [3.05, 3.63) is 60.8 Å². The average Bonchev–Trinajstić information content (AvgIpc) is 3.51. The van der Waals surface area contributed by atoms with Gasteiger partial charge in [0.1, 0.15) is 0 Å². The second-order valence-electron chi connectivity index (χ2n) is 25.6. The highest BCUT2D eigenvalue weighted by Crippen LogP contribution is 2.18. The Bertz CT molecular complexity index is 1450. The number of ether oxygens (including phenoxy) is 1. The molecule has 492 valence electrons. The van der Waals surface area contributed by atoms with E-state index in [0.717, 1.165) is 70.6 Å². The molecule has 0 spiro atoms. The summed E-state index contributed by atoms with van der Waals surface area (Å²) in [5, 5.41) is 23.3. The van der Waals surface area contributed by atoms with E-state index in [9.17, 15) is 19.8 Å². The fourth-order valence-corrected chi connectivity index (χ4v) is 11.5. The lowest BCUT2D eigenvalue weighted by Gasteiger charge is -2.20. The molecule has 0 aliphatic rings. The lowest BCUT2D eigenvalue weighted by Crippen LogP contribution is -2.45. The van der Waals surface area contributed by atoms with Gasteiger partial charge in [-0.3, -0.25) is 9.59 Å². The smallest absolute Gasteiger partial charge is 0.305 e. The summed E-state index contributed by atoms with van der Waals surface area (Å²) < 4.78 is 5.50. The Labute approximate surface area is 524 Å². The molecule has 0 aromatic carbocycles. The molecule has 6 nitrogen and oxygen atoms in total. The van der Waals surface area contributed by atoms with Crippen molar-refractivity contribution in [3.63, 3.8) is 0 Å². The summed E-state index contributed by atoms with van der Waals surface area (Å²) in [7, 11) is 0. The van der Waals surface area contributed by atoms with Crippen LogP contribution in [0.15, 0.2) is 60.8 Å². The number of rotatable bonds is 70. The Balaban J connectivity index is 3.46. The van der Waals surface area contributed by atoms with Gasteiger partial charge in [0.25, 0.3) is 0 Å². The lowest BCUT2D eigenvalue weighted by atomic mass is 10.0. The number of allylic oxidation sites excluding steroid dienone is 9. The van der Waals surface area contributed by atoms with Gasteiger partial charge < -0.3 is 20.3 Å². The Hall–Kier alpha value is -2.44. The van der Waals surface area contributed by atoms with Crippen molar-refractivity contribution < 1.29 is 24.5 Å². The first kappa shape index (κ1) is 81.6. The number of aliphatic hydroxyl groups is 2. The van der Waals surface area contributed by atoms with Gasteiger partial charge in [-0.05, 0) is 96.3 Å². The number of aliphatic hydroxyl groups excluding tert-OH is 2. The molecule has 0 aromatic heterocycles. The normalized spacial score (nSPS) is 12.9. The Kier molecular flexibility index (Phi) is 70.9. The maximum absolute atomic E-state index is 12.5. The number of carbonyl (C=O) groups excluding carboxylic acids is 2. The molecule has 0 aliphatic heterocycles. The van der Waals surface area contributed by atoms with Gasteiger partial charge >= 0.3 is 5.97 Å². The van der Waals surface area contributed by atoms with Gasteiger partial charge in [0.05, 0.1) is 25.4 Å². The van der Waals surface area contributed by atoms with Crippen LogP contribution < -0.4 is 5.32 Å². The van der Waals surface area contributed by atoms with E-state index in [4.69, 9.17) is 4.74 Å². The third-order valence-electron chi connectivity index (χ3n) is 17.3. The molecule has 1 amide bonds. The van der Waals surface area contributed by atoms with Crippen molar-refractivity contribution in [1.82, 2.24) is 5.32 Å². The van der Waals surface area contributed by atoms with E-state index in [1.165, 1.54) is 302 Å². The Morgan fingerprint density at radius 2 is 0.595 bits per heavy atom. The maximum Gasteiger partial charge on any atom is 0.305 e. The van der Waals surface area contributed by atoms with Gasteiger partial charge in [-0.15, -0.1) is 0 Å². The summed E-state index contributed by atoms with van der Waals surface area (Å²) in [6.07, 6.45) is 97.4. The monoisotopic (exact) mass is 1180 g/mol. The number of unbranched alkanes of at least 4 members (excludes halogenated alkanes) is 51. The van der Waals surface area contributed by atoms with Crippen LogP contribution >= 0.6 is 0 Å². The predicted octanol–water partition coefficient (Wildman–Crippen LogP) is 24.6. The topological polar surface area (TPSA) is 95.9 Å². The van der Waals surface area contributed by atoms with Crippen LogP contribution in [0.4, 0.5) is 0 Å². The number of hydrogen-bond donors (Lipinski definition) is 3. The summed E-state index contributed by atoms with van der Waals surface area (Å²) in [5.41, 5.74) is 0. The van der Waals surface area contributed by atoms with Gasteiger partial charge in [0.2, 0.25) is 5.91 Å². The van der Waals surface area contributed by atoms with Crippen LogP contribution in [-0.4, -0.2) is 47.4 Å². The fourth-order valence-electron chi connectivity index (χ4n) is 11.5. The summed E-state index contributed by atoms with van der Waals surface area (Å²) in [6.45, 7) is 4.90. The van der Waals surface area contributed by atoms with Gasteiger partial charge in [0.15, 0.2) is 0 Å². The SMILES string of the molecule is CCCCC/C=C\C/C=C\CCCCCCCCCCCC(=O)OCCCCCCCCCCC/C=C\C/C=C\CCCCCCCCCC(=O)NC(CO)C(O)/C=C/CCCCCCCCCCCCCCCCCCCCCCCCC. The molecule has 0 fully saturated rings. The van der Waals surface area contributed by atoms with Crippen LogP contribution in [0.5, 0.6) is 0 Å². The van der Waals surface area contributed by atoms with Crippen LogP contribution in [0.2, 0.25) is 0 Å². The van der Waals surface area contributed by atoms with E-state index in [-0.39, 0.29) is 18.5 Å². The van der Waals surface area contributed by atoms with Gasteiger partial charge in [-0.1, -0.05) is 351 Å². The Morgan fingerprint density at radius 3 is 0.929 bits per heavy atom. The highest BCUT2D eigenvalue weighted by Gasteiger charge is 2.18. The minimum absolute atomic E-state index is 0.00301. The average molecular weight is 1180 g/mol. The van der Waals surface area contributed by atoms with E-state index in [0.29, 0.717) is 19.4 Å². The predicted molar refractivity (Wildman–Crippen MR) is 370 cm³/mol. The summed E-state index contributed by atoms with van der Waals surface area (Å²) >= 11 is 0. The van der Waals surface area contributed by atoms with Crippen molar-refractivity contribution in [2.24, 2.45) is 0 Å². The first-order chi connectivity index (χ1) is 41.5. The van der Waals surface area contributed by atoms with Crippen LogP contribution in [0.25, 0.3) is 0 Å². The summed E-state index contributed by atoms with van der Waals surface area (Å²) in [5.74, 6) is -0.0721. The number of nitrogens with one attached hydrogen (secondary N) is 1. The van der Waals surface area contributed by atoms with Crippen molar-refractivity contribution in [3.8, 4) is 0 Å². The molecule has 0 saturated heterocycles. The highest BCUT2D eigenvalue weighted by molar-refractivity contribution is 5.76. The number of hydrogen-bond acceptors (Lipinski definition) is 5. The zero-order valence-electron chi connectivity index (χ0n) is 56.4. The Morgan fingerprint density at radius 1 is 0.333 bits per heavy atom. The minimum Gasteiger partial charge on any atom is -0.466 e. The van der Waals surface area contributed by atoms with Crippen molar-refractivity contribution >= 4 is 11.9 Å². The lowest BCUT2D eigenvalue weighted by molar-refractivity contribution is -0.143. The fraction of sp³-hybridized carbons (Fsp3) is 0.846. The van der Waals surface area contributed by atoms with Gasteiger partial charge in [0, 0.05) is 12.8 Å². The molecule has 0 aliphatic carbocycles. The number of carbonyl (C=O) groups is 2. The first-order valence-electron chi connectivity index (χ1n) is 37.6. The molecule has 0 bridgehead atoms. The van der Waals surface area contributed by atoms with Gasteiger partial charge in [-0.25, -0.2) is 0 Å². The second kappa shape index (κ2) is 73.0. The molecule has 0 radical (unpaired) electrons. The molecular formula is C78H145NO5. The van der Waals surface area contributed by atoms with Crippen LogP contribution in [0.3, 0.4) is 0 Å². The standard InChI is InChI=1S/C78H145NO5/c1-3-5-7-9-11-13-15-17-19-21-23-24-25-26-28-31-35-38-42-46-50-54-58-62-66-70-76(81)75(74-80)79-77(82)71-67-63-59-55-51-47-43-39-36-32-29-27-30-33-37-41-45-49-53-57-61-65-69-73-84-78(83)72-68-64-60-56-52-48-44-40-34-22-20-18-16-14-12-10-8-6-4-2/h12,14,18,20,27,30,32,36,66,70,75-76,80-81H,3-11,13,15-17,19,21-26,28-29,31,33-35,37-65,67-69,71-74H2,1-2H3,(H,79,82)/b14-12-,20-18-,30-27-,36-32-,70-66+. The summed E-state index contributed by atoms with van der Waals surface area (Å²) in [6, 6.07) is -0.639. The molecular weight excluding hydrogens is 1030 g/mol. The molecule has 2 atom stereocenters. The van der Waals surface area contributed by atoms with E-state index in [1.807, 2.05) is 6.08 Å². The third kappa shape index (κ3) is 68.7. The first-order valence-corrected chi connectivity index (χ1v) is 37.6. The molecule has 2 unspecified atom stereocenters. The zero-order valence-corrected chi connectivity index (χ0v) is 56.4. The highest BCUT2D eigenvalue weighted by atomic mass is 16.5. The maximum atomic E-state index is 12.5. The van der Waals surface area contributed by atoms with Crippen LogP contribution in [-0.2, 0) is 14.3 Å². The van der Waals surface area contributed by atoms with E-state index < -0.39 is 12.1 Å². The van der Waals surface area contributed by atoms with E-state index in [1.54, 1.807) is 6.08 Å². The number of amides is 1. The molecule has 0 saturated carbocycles. The number of esters is 1. The van der Waals surface area contributed by atoms with Gasteiger partial charge in [-0.2, -0.15) is 0 Å². The van der Waals surface area contributed by atoms with E-state index >= 15 is 0 Å². The molecule has 6 heteroatoms. The quantitative estimate of drug-likeness (QED) is 0.0320. The van der Waals surface area contributed by atoms with Crippen molar-refractivity contribution in [2.45, 2.75) is 411 Å². The molecule has 84 heavy (non-hydrogen) atoms. The third-order valence-corrected chi connectivity index (χ3v) is 17.3. The van der Waals surface area contributed by atoms with Crippen LogP contribution in [0.1, 0.15) is 399 Å². The van der Waals surface area contributed by atoms with Crippen LogP contribution in [0, 0.1) is 0 Å². The minimum atomic E-state index is -0.854. The zero-order chi connectivity index (χ0) is 60.6.